The normalized spacial score (nSPS) is 17.4. The predicted molar refractivity (Wildman–Crippen MR) is 77.0 cm³/mol. The Hall–Kier alpha value is -2.50. The molecule has 0 atom stereocenters. The van der Waals surface area contributed by atoms with Crippen LogP contribution in [0.25, 0.3) is 16.6 Å². The van der Waals surface area contributed by atoms with Gasteiger partial charge in [0.15, 0.2) is 0 Å². The Labute approximate surface area is 125 Å². The van der Waals surface area contributed by atoms with Gasteiger partial charge in [0.2, 0.25) is 0 Å². The van der Waals surface area contributed by atoms with Crippen LogP contribution in [-0.2, 0) is 0 Å². The molecule has 22 heavy (non-hydrogen) atoms. The van der Waals surface area contributed by atoms with Crippen LogP contribution in [0.2, 0.25) is 0 Å². The summed E-state index contributed by atoms with van der Waals surface area (Å²) in [5, 5.41) is 7.76. The topological polar surface area (TPSA) is 39.4 Å². The van der Waals surface area contributed by atoms with E-state index in [1.807, 2.05) is 42.6 Å². The average Bonchev–Trinajstić information content (AvgIpc) is 2.93. The number of hydrogen-bond donors (Lipinski definition) is 0. The first-order chi connectivity index (χ1) is 10.6. The molecule has 0 unspecified atom stereocenters. The Morgan fingerprint density at radius 2 is 1.86 bits per heavy atom. The molecule has 0 N–H and O–H groups in total. The van der Waals surface area contributed by atoms with Gasteiger partial charge in [-0.2, -0.15) is 0 Å². The zero-order valence-electron chi connectivity index (χ0n) is 11.6. The van der Waals surface area contributed by atoms with E-state index < -0.39 is 5.92 Å². The van der Waals surface area contributed by atoms with Crippen molar-refractivity contribution in [2.75, 3.05) is 0 Å². The molecule has 4 rings (SSSR count). The highest BCUT2D eigenvalue weighted by Gasteiger charge is 2.46. The summed E-state index contributed by atoms with van der Waals surface area (Å²) in [6, 6.07) is 11.4. The van der Waals surface area contributed by atoms with Gasteiger partial charge in [0.1, 0.15) is 11.9 Å². The van der Waals surface area contributed by atoms with Gasteiger partial charge >= 0.3 is 0 Å². The molecule has 0 amide bonds. The highest BCUT2D eigenvalue weighted by molar-refractivity contribution is 5.68. The fourth-order valence-corrected chi connectivity index (χ4v) is 2.62. The second-order valence-electron chi connectivity index (χ2n) is 5.55. The lowest BCUT2D eigenvalue weighted by Gasteiger charge is -2.34. The Morgan fingerprint density at radius 1 is 1.09 bits per heavy atom. The molecule has 0 bridgehead atoms. The van der Waals surface area contributed by atoms with E-state index in [-0.39, 0.29) is 18.9 Å². The van der Waals surface area contributed by atoms with E-state index >= 15 is 0 Å². The number of ether oxygens (including phenoxy) is 1. The van der Waals surface area contributed by atoms with Crippen molar-refractivity contribution in [1.82, 2.24) is 14.8 Å². The van der Waals surface area contributed by atoms with Crippen molar-refractivity contribution in [3.05, 3.63) is 48.8 Å². The van der Waals surface area contributed by atoms with Crippen molar-refractivity contribution in [2.45, 2.75) is 24.9 Å². The van der Waals surface area contributed by atoms with Crippen LogP contribution in [0.1, 0.15) is 12.8 Å². The van der Waals surface area contributed by atoms with E-state index in [1.54, 1.807) is 10.7 Å². The minimum Gasteiger partial charge on any atom is -0.490 e. The molecular weight excluding hydrogens is 288 g/mol. The molecule has 112 valence electrons. The molecule has 0 saturated heterocycles. The molecule has 1 aliphatic carbocycles. The van der Waals surface area contributed by atoms with Crippen LogP contribution in [0.4, 0.5) is 8.78 Å². The van der Waals surface area contributed by atoms with Crippen molar-refractivity contribution >= 4 is 5.52 Å². The average molecular weight is 301 g/mol. The number of pyridine rings is 1. The van der Waals surface area contributed by atoms with E-state index in [0.29, 0.717) is 5.75 Å². The van der Waals surface area contributed by atoms with Gasteiger partial charge in [-0.3, -0.25) is 0 Å². The summed E-state index contributed by atoms with van der Waals surface area (Å²) < 4.78 is 32.8. The number of alkyl halides is 2. The molecule has 2 heterocycles. The predicted octanol–water partition coefficient (Wildman–Crippen LogP) is 3.57. The van der Waals surface area contributed by atoms with Crippen LogP contribution in [0.15, 0.2) is 48.8 Å². The summed E-state index contributed by atoms with van der Waals surface area (Å²) in [5.41, 5.74) is 2.97. The third kappa shape index (κ3) is 2.41. The van der Waals surface area contributed by atoms with Crippen molar-refractivity contribution in [1.29, 1.82) is 0 Å². The second-order valence-corrected chi connectivity index (χ2v) is 5.55. The monoisotopic (exact) mass is 301 g/mol. The van der Waals surface area contributed by atoms with Gasteiger partial charge in [0.25, 0.3) is 5.92 Å². The van der Waals surface area contributed by atoms with Crippen LogP contribution in [0.3, 0.4) is 0 Å². The van der Waals surface area contributed by atoms with Crippen LogP contribution < -0.4 is 4.74 Å². The van der Waals surface area contributed by atoms with E-state index in [1.165, 1.54) is 0 Å². The summed E-state index contributed by atoms with van der Waals surface area (Å²) in [6.45, 7) is 0. The number of hydrogen-bond acceptors (Lipinski definition) is 3. The third-order valence-corrected chi connectivity index (χ3v) is 3.84. The van der Waals surface area contributed by atoms with Crippen molar-refractivity contribution in [3.63, 3.8) is 0 Å². The maximum atomic E-state index is 12.8. The highest BCUT2D eigenvalue weighted by Crippen LogP contribution is 2.39. The Morgan fingerprint density at radius 3 is 2.59 bits per heavy atom. The summed E-state index contributed by atoms with van der Waals surface area (Å²) >= 11 is 0. The summed E-state index contributed by atoms with van der Waals surface area (Å²) in [6.07, 6.45) is 2.77. The molecule has 6 heteroatoms. The van der Waals surface area contributed by atoms with E-state index in [4.69, 9.17) is 4.74 Å². The van der Waals surface area contributed by atoms with Gasteiger partial charge in [0, 0.05) is 19.0 Å². The van der Waals surface area contributed by atoms with Gasteiger partial charge in [-0.25, -0.2) is 13.3 Å². The molecule has 1 saturated carbocycles. The highest BCUT2D eigenvalue weighted by atomic mass is 19.3. The Bertz CT molecular complexity index is 806. The van der Waals surface area contributed by atoms with Crippen LogP contribution in [0.5, 0.6) is 5.75 Å². The minimum absolute atomic E-state index is 0.195. The summed E-state index contributed by atoms with van der Waals surface area (Å²) in [4.78, 5) is 0. The SMILES string of the molecule is FC1(F)CC(Oc2ccc(-c3ccn4nncc4c3)cc2)C1. The molecule has 0 radical (unpaired) electrons. The number of halogens is 2. The van der Waals surface area contributed by atoms with Gasteiger partial charge < -0.3 is 4.74 Å². The second kappa shape index (κ2) is 4.76. The zero-order valence-corrected chi connectivity index (χ0v) is 11.6. The first-order valence-corrected chi connectivity index (χ1v) is 7.04. The van der Waals surface area contributed by atoms with E-state index in [9.17, 15) is 8.78 Å². The lowest BCUT2D eigenvalue weighted by molar-refractivity contribution is -0.134. The lowest BCUT2D eigenvalue weighted by Crippen LogP contribution is -2.43. The van der Waals surface area contributed by atoms with Crippen molar-refractivity contribution in [3.8, 4) is 16.9 Å². The smallest absolute Gasteiger partial charge is 0.255 e. The summed E-state index contributed by atoms with van der Waals surface area (Å²) in [5.74, 6) is -1.93. The van der Waals surface area contributed by atoms with Gasteiger partial charge in [0.05, 0.1) is 11.7 Å². The molecule has 4 nitrogen and oxygen atoms in total. The molecule has 0 spiro atoms. The van der Waals surface area contributed by atoms with Gasteiger partial charge in [-0.05, 0) is 35.4 Å². The molecule has 0 aliphatic heterocycles. The Kier molecular flexibility index (Phi) is 2.85. The molecular formula is C16H13F2N3O. The molecule has 2 aromatic heterocycles. The van der Waals surface area contributed by atoms with Crippen LogP contribution >= 0.6 is 0 Å². The standard InChI is InChI=1S/C16H13F2N3O/c17-16(18)8-15(9-16)22-14-3-1-11(2-4-14)12-5-6-21-13(7-12)10-19-20-21/h1-7,10,15H,8-9H2. The maximum absolute atomic E-state index is 12.8. The fraction of sp³-hybridized carbons (Fsp3) is 0.250. The zero-order chi connectivity index (χ0) is 15.2. The number of rotatable bonds is 3. The van der Waals surface area contributed by atoms with Gasteiger partial charge in [-0.15, -0.1) is 5.10 Å². The van der Waals surface area contributed by atoms with Gasteiger partial charge in [-0.1, -0.05) is 17.3 Å². The van der Waals surface area contributed by atoms with Crippen molar-refractivity contribution < 1.29 is 13.5 Å². The largest absolute Gasteiger partial charge is 0.490 e. The van der Waals surface area contributed by atoms with E-state index in [2.05, 4.69) is 10.3 Å². The minimum atomic E-state index is -2.56. The molecule has 1 fully saturated rings. The quantitative estimate of drug-likeness (QED) is 0.742. The number of fused-ring (bicyclic) bond motifs is 1. The first-order valence-electron chi connectivity index (χ1n) is 7.04. The fourth-order valence-electron chi connectivity index (χ4n) is 2.62. The molecule has 1 aliphatic rings. The van der Waals surface area contributed by atoms with Crippen LogP contribution in [0, 0.1) is 0 Å². The third-order valence-electron chi connectivity index (χ3n) is 3.84. The Balaban J connectivity index is 1.51. The van der Waals surface area contributed by atoms with Crippen LogP contribution in [-0.4, -0.2) is 26.9 Å². The number of nitrogens with zero attached hydrogens (tertiary/aromatic N) is 3. The summed E-state index contributed by atoms with van der Waals surface area (Å²) in [7, 11) is 0. The first kappa shape index (κ1) is 13.2. The number of aromatic nitrogens is 3. The van der Waals surface area contributed by atoms with Crippen molar-refractivity contribution in [2.24, 2.45) is 0 Å². The molecule has 3 aromatic rings. The molecule has 1 aromatic carbocycles. The lowest BCUT2D eigenvalue weighted by atomic mass is 9.91. The maximum Gasteiger partial charge on any atom is 0.255 e. The van der Waals surface area contributed by atoms with E-state index in [0.717, 1.165) is 16.6 Å². The number of benzene rings is 1.